The minimum Gasteiger partial charge on any atom is -0.460 e. The van der Waals surface area contributed by atoms with Crippen molar-refractivity contribution in [1.82, 2.24) is 0 Å². The molecule has 0 heterocycles. The molecule has 0 spiro atoms. The summed E-state index contributed by atoms with van der Waals surface area (Å²) in [6.07, 6.45) is 0.611. The van der Waals surface area contributed by atoms with Crippen LogP contribution < -0.4 is 0 Å². The summed E-state index contributed by atoms with van der Waals surface area (Å²) in [4.78, 5) is 11.1. The number of halogens is 1. The van der Waals surface area contributed by atoms with Crippen molar-refractivity contribution >= 4 is 5.97 Å². The van der Waals surface area contributed by atoms with E-state index < -0.39 is 5.60 Å². The van der Waals surface area contributed by atoms with Crippen LogP contribution in [0.3, 0.4) is 0 Å². The van der Waals surface area contributed by atoms with Crippen molar-refractivity contribution in [2.24, 2.45) is 0 Å². The lowest BCUT2D eigenvalue weighted by Crippen LogP contribution is -2.23. The molecule has 4 heteroatoms. The Balaban J connectivity index is 3.86. The molecule has 0 saturated heterocycles. The van der Waals surface area contributed by atoms with Gasteiger partial charge in [-0.25, -0.2) is 4.39 Å². The van der Waals surface area contributed by atoms with E-state index in [1.54, 1.807) is 20.8 Å². The standard InChI is InChI=1S/C10H17FO3/c1-10(2,3)14-9(13)5-4-8(6-11)7-12/h6,12H,4-5,7H2,1-3H3/b8-6+. The van der Waals surface area contributed by atoms with Crippen molar-refractivity contribution in [1.29, 1.82) is 0 Å². The number of carbonyl (C=O) groups excluding carboxylic acids is 1. The summed E-state index contributed by atoms with van der Waals surface area (Å²) in [7, 11) is 0. The number of hydrogen-bond donors (Lipinski definition) is 1. The third kappa shape index (κ3) is 6.60. The Kier molecular flexibility index (Phi) is 5.38. The molecule has 3 nitrogen and oxygen atoms in total. The van der Waals surface area contributed by atoms with Gasteiger partial charge in [-0.3, -0.25) is 4.79 Å². The van der Waals surface area contributed by atoms with Crippen molar-refractivity contribution < 1.29 is 19.0 Å². The second-order valence-electron chi connectivity index (χ2n) is 4.01. The van der Waals surface area contributed by atoms with Crippen LogP contribution in [0, 0.1) is 0 Å². The lowest BCUT2D eigenvalue weighted by Gasteiger charge is -2.19. The summed E-state index contributed by atoms with van der Waals surface area (Å²) >= 11 is 0. The fourth-order valence-electron chi connectivity index (χ4n) is 0.823. The molecule has 0 aliphatic carbocycles. The smallest absolute Gasteiger partial charge is 0.306 e. The topological polar surface area (TPSA) is 46.5 Å². The average molecular weight is 204 g/mol. The Morgan fingerprint density at radius 2 is 2.00 bits per heavy atom. The molecule has 0 rings (SSSR count). The molecule has 0 aromatic carbocycles. The molecule has 0 aliphatic rings. The molecule has 0 atom stereocenters. The highest BCUT2D eigenvalue weighted by molar-refractivity contribution is 5.70. The number of carbonyl (C=O) groups is 1. The van der Waals surface area contributed by atoms with Crippen LogP contribution in [-0.4, -0.2) is 23.3 Å². The maximum atomic E-state index is 12.0. The van der Waals surface area contributed by atoms with Gasteiger partial charge in [-0.1, -0.05) is 0 Å². The fraction of sp³-hybridized carbons (Fsp3) is 0.700. The highest BCUT2D eigenvalue weighted by Gasteiger charge is 2.16. The number of rotatable bonds is 4. The lowest BCUT2D eigenvalue weighted by atomic mass is 10.1. The van der Waals surface area contributed by atoms with Gasteiger partial charge in [-0.2, -0.15) is 0 Å². The predicted molar refractivity (Wildman–Crippen MR) is 51.4 cm³/mol. The molecular weight excluding hydrogens is 187 g/mol. The van der Waals surface area contributed by atoms with E-state index in [4.69, 9.17) is 9.84 Å². The van der Waals surface area contributed by atoms with Crippen LogP contribution >= 0.6 is 0 Å². The molecular formula is C10H17FO3. The predicted octanol–water partition coefficient (Wildman–Crippen LogP) is 1.95. The first kappa shape index (κ1) is 13.1. The zero-order valence-corrected chi connectivity index (χ0v) is 8.84. The van der Waals surface area contributed by atoms with Crippen LogP contribution in [0.15, 0.2) is 11.9 Å². The van der Waals surface area contributed by atoms with Crippen LogP contribution in [-0.2, 0) is 9.53 Å². The van der Waals surface area contributed by atoms with E-state index >= 15 is 0 Å². The molecule has 0 aliphatic heterocycles. The highest BCUT2D eigenvalue weighted by atomic mass is 19.1. The van der Waals surface area contributed by atoms with Crippen molar-refractivity contribution in [3.8, 4) is 0 Å². The van der Waals surface area contributed by atoms with Gasteiger partial charge in [-0.05, 0) is 32.8 Å². The van der Waals surface area contributed by atoms with Crippen molar-refractivity contribution in [2.75, 3.05) is 6.61 Å². The van der Waals surface area contributed by atoms with Gasteiger partial charge in [0.05, 0.1) is 12.9 Å². The third-order valence-electron chi connectivity index (χ3n) is 1.43. The zero-order chi connectivity index (χ0) is 11.2. The van der Waals surface area contributed by atoms with Gasteiger partial charge in [0, 0.05) is 6.42 Å². The Bertz CT molecular complexity index is 216. The molecule has 0 bridgehead atoms. The SMILES string of the molecule is CC(C)(C)OC(=O)CC/C(=C\F)CO. The summed E-state index contributed by atoms with van der Waals surface area (Å²) in [5.41, 5.74) is -0.313. The number of ether oxygens (including phenoxy) is 1. The number of aliphatic hydroxyl groups excluding tert-OH is 1. The maximum Gasteiger partial charge on any atom is 0.306 e. The number of hydrogen-bond acceptors (Lipinski definition) is 3. The quantitative estimate of drug-likeness (QED) is 0.712. The minimum atomic E-state index is -0.518. The summed E-state index contributed by atoms with van der Waals surface area (Å²) in [6, 6.07) is 0. The summed E-state index contributed by atoms with van der Waals surface area (Å²) in [5.74, 6) is -0.384. The van der Waals surface area contributed by atoms with Crippen molar-refractivity contribution in [3.05, 3.63) is 11.9 Å². The van der Waals surface area contributed by atoms with Gasteiger partial charge < -0.3 is 9.84 Å². The fourth-order valence-corrected chi connectivity index (χ4v) is 0.823. The van der Waals surface area contributed by atoms with Crippen LogP contribution in [0.1, 0.15) is 33.6 Å². The van der Waals surface area contributed by atoms with Gasteiger partial charge in [0.15, 0.2) is 0 Å². The minimum absolute atomic E-state index is 0.0909. The summed E-state index contributed by atoms with van der Waals surface area (Å²) in [5, 5.41) is 8.61. The van der Waals surface area contributed by atoms with E-state index in [9.17, 15) is 9.18 Å². The van der Waals surface area contributed by atoms with E-state index in [0.29, 0.717) is 6.33 Å². The van der Waals surface area contributed by atoms with E-state index in [2.05, 4.69) is 0 Å². The van der Waals surface area contributed by atoms with Gasteiger partial charge in [0.25, 0.3) is 0 Å². The van der Waals surface area contributed by atoms with Crippen LogP contribution in [0.25, 0.3) is 0 Å². The molecule has 0 unspecified atom stereocenters. The Morgan fingerprint density at radius 1 is 1.43 bits per heavy atom. The van der Waals surface area contributed by atoms with Gasteiger partial charge >= 0.3 is 5.97 Å². The third-order valence-corrected chi connectivity index (χ3v) is 1.43. The molecule has 0 saturated carbocycles. The van der Waals surface area contributed by atoms with Gasteiger partial charge in [0.2, 0.25) is 0 Å². The molecule has 14 heavy (non-hydrogen) atoms. The molecule has 0 aromatic heterocycles. The molecule has 0 aromatic rings. The Hall–Kier alpha value is -0.900. The van der Waals surface area contributed by atoms with E-state index in [0.717, 1.165) is 0 Å². The van der Waals surface area contributed by atoms with Gasteiger partial charge in [0.1, 0.15) is 5.60 Å². The molecule has 0 amide bonds. The van der Waals surface area contributed by atoms with E-state index in [1.165, 1.54) is 0 Å². The lowest BCUT2D eigenvalue weighted by molar-refractivity contribution is -0.154. The van der Waals surface area contributed by atoms with E-state index in [1.807, 2.05) is 0 Å². The number of esters is 1. The Morgan fingerprint density at radius 3 is 2.36 bits per heavy atom. The zero-order valence-electron chi connectivity index (χ0n) is 8.84. The second kappa shape index (κ2) is 5.75. The van der Waals surface area contributed by atoms with Gasteiger partial charge in [-0.15, -0.1) is 0 Å². The van der Waals surface area contributed by atoms with Crippen LogP contribution in [0.2, 0.25) is 0 Å². The monoisotopic (exact) mass is 204 g/mol. The van der Waals surface area contributed by atoms with Crippen molar-refractivity contribution in [2.45, 2.75) is 39.2 Å². The highest BCUT2D eigenvalue weighted by Crippen LogP contribution is 2.11. The summed E-state index contributed by atoms with van der Waals surface area (Å²) in [6.45, 7) is 4.94. The first-order valence-electron chi connectivity index (χ1n) is 4.50. The largest absolute Gasteiger partial charge is 0.460 e. The van der Waals surface area contributed by atoms with Crippen LogP contribution in [0.4, 0.5) is 4.39 Å². The normalized spacial score (nSPS) is 12.8. The van der Waals surface area contributed by atoms with E-state index in [-0.39, 0.29) is 31.0 Å². The van der Waals surface area contributed by atoms with Crippen molar-refractivity contribution in [3.63, 3.8) is 0 Å². The maximum absolute atomic E-state index is 12.0. The molecule has 82 valence electrons. The number of aliphatic hydroxyl groups is 1. The summed E-state index contributed by atoms with van der Waals surface area (Å²) < 4.78 is 17.0. The first-order chi connectivity index (χ1) is 6.39. The first-order valence-corrected chi connectivity index (χ1v) is 4.50. The molecule has 1 N–H and O–H groups in total. The molecule has 0 fully saturated rings. The van der Waals surface area contributed by atoms with Crippen LogP contribution in [0.5, 0.6) is 0 Å². The second-order valence-corrected chi connectivity index (χ2v) is 4.01. The Labute approximate surface area is 83.6 Å². The average Bonchev–Trinajstić information content (AvgIpc) is 2.03. The molecule has 0 radical (unpaired) electrons.